The fourth-order valence-corrected chi connectivity index (χ4v) is 4.75. The van der Waals surface area contributed by atoms with E-state index < -0.39 is 0 Å². The topological polar surface area (TPSA) is 67.8 Å². The molecule has 0 saturated heterocycles. The summed E-state index contributed by atoms with van der Waals surface area (Å²) in [5.74, 6) is 1.32. The van der Waals surface area contributed by atoms with Gasteiger partial charge in [-0.05, 0) is 37.6 Å². The maximum Gasteiger partial charge on any atom is 0.226 e. The fourth-order valence-electron chi connectivity index (χ4n) is 2.89. The second-order valence-corrected chi connectivity index (χ2v) is 8.79. The number of fused-ring (bicyclic) bond motifs is 1. The van der Waals surface area contributed by atoms with E-state index in [1.165, 1.54) is 16.9 Å². The Morgan fingerprint density at radius 2 is 1.86 bits per heavy atom. The minimum atomic E-state index is -0.0395. The molecule has 0 aliphatic rings. The summed E-state index contributed by atoms with van der Waals surface area (Å²) in [6.45, 7) is 3.94. The summed E-state index contributed by atoms with van der Waals surface area (Å²) in [7, 11) is 0. The van der Waals surface area contributed by atoms with Crippen LogP contribution in [0.15, 0.2) is 59.6 Å². The molecule has 0 saturated carbocycles. The van der Waals surface area contributed by atoms with Crippen LogP contribution in [0, 0.1) is 13.8 Å². The third kappa shape index (κ3) is 4.99. The minimum Gasteiger partial charge on any atom is -0.302 e. The van der Waals surface area contributed by atoms with Gasteiger partial charge < -0.3 is 5.32 Å². The zero-order valence-electron chi connectivity index (χ0n) is 16.2. The molecule has 7 heteroatoms. The van der Waals surface area contributed by atoms with Crippen molar-refractivity contribution < 1.29 is 4.79 Å². The molecule has 5 nitrogen and oxygen atoms in total. The molecular formula is C22H20N4OS2. The van der Waals surface area contributed by atoms with Gasteiger partial charge in [0, 0.05) is 17.7 Å². The van der Waals surface area contributed by atoms with E-state index in [0.29, 0.717) is 17.3 Å². The van der Waals surface area contributed by atoms with Gasteiger partial charge in [0.1, 0.15) is 10.9 Å². The first-order valence-corrected chi connectivity index (χ1v) is 11.1. The molecule has 1 N–H and O–H groups in total. The molecule has 4 rings (SSSR count). The van der Waals surface area contributed by atoms with Gasteiger partial charge in [0.15, 0.2) is 5.13 Å². The highest BCUT2D eigenvalue weighted by Crippen LogP contribution is 2.27. The number of aryl methyl sites for hydroxylation is 2. The van der Waals surface area contributed by atoms with Crippen LogP contribution in [-0.4, -0.2) is 26.6 Å². The van der Waals surface area contributed by atoms with Crippen molar-refractivity contribution in [1.29, 1.82) is 0 Å². The molecule has 0 aliphatic heterocycles. The monoisotopic (exact) mass is 420 g/mol. The van der Waals surface area contributed by atoms with Crippen molar-refractivity contribution in [1.82, 2.24) is 15.0 Å². The molecule has 2 heterocycles. The summed E-state index contributed by atoms with van der Waals surface area (Å²) in [5, 5.41) is 4.43. The number of hydrogen-bond acceptors (Lipinski definition) is 6. The predicted molar refractivity (Wildman–Crippen MR) is 121 cm³/mol. The van der Waals surface area contributed by atoms with Crippen molar-refractivity contribution in [3.8, 4) is 11.3 Å². The van der Waals surface area contributed by atoms with Crippen LogP contribution in [0.1, 0.15) is 17.8 Å². The van der Waals surface area contributed by atoms with Gasteiger partial charge in [-0.3, -0.25) is 4.79 Å². The first-order valence-electron chi connectivity index (χ1n) is 9.28. The number of benzene rings is 2. The Hall–Kier alpha value is -2.77. The quantitative estimate of drug-likeness (QED) is 0.330. The van der Waals surface area contributed by atoms with Gasteiger partial charge in [-0.15, -0.1) is 11.8 Å². The van der Waals surface area contributed by atoms with E-state index in [9.17, 15) is 4.79 Å². The van der Waals surface area contributed by atoms with Crippen molar-refractivity contribution in [2.24, 2.45) is 0 Å². The normalized spacial score (nSPS) is 11.0. The van der Waals surface area contributed by atoms with Crippen molar-refractivity contribution in [3.05, 3.63) is 66.0 Å². The van der Waals surface area contributed by atoms with Crippen LogP contribution < -0.4 is 5.32 Å². The molecular weight excluding hydrogens is 400 g/mol. The first-order chi connectivity index (χ1) is 14.1. The van der Waals surface area contributed by atoms with E-state index in [-0.39, 0.29) is 5.91 Å². The van der Waals surface area contributed by atoms with Crippen LogP contribution in [-0.2, 0) is 4.79 Å². The van der Waals surface area contributed by atoms with Crippen molar-refractivity contribution >= 4 is 44.4 Å². The number of nitrogens with zero attached hydrogens (tertiary/aromatic N) is 3. The largest absolute Gasteiger partial charge is 0.302 e. The number of carbonyl (C=O) groups is 1. The van der Waals surface area contributed by atoms with Gasteiger partial charge in [0.2, 0.25) is 5.91 Å². The minimum absolute atomic E-state index is 0.0395. The maximum atomic E-state index is 12.3. The van der Waals surface area contributed by atoms with Gasteiger partial charge >= 0.3 is 0 Å². The Bertz CT molecular complexity index is 1160. The lowest BCUT2D eigenvalue weighted by Crippen LogP contribution is -2.11. The Morgan fingerprint density at radius 1 is 1.03 bits per heavy atom. The zero-order chi connectivity index (χ0) is 20.2. The average Bonchev–Trinajstić information content (AvgIpc) is 3.09. The molecule has 2 aromatic carbocycles. The number of amides is 1. The second kappa shape index (κ2) is 8.71. The Balaban J connectivity index is 1.36. The maximum absolute atomic E-state index is 12.3. The number of rotatable bonds is 6. The van der Waals surface area contributed by atoms with E-state index in [1.54, 1.807) is 11.8 Å². The lowest BCUT2D eigenvalue weighted by atomic mass is 10.1. The van der Waals surface area contributed by atoms with Crippen LogP contribution in [0.2, 0.25) is 0 Å². The summed E-state index contributed by atoms with van der Waals surface area (Å²) in [4.78, 5) is 25.8. The van der Waals surface area contributed by atoms with Crippen LogP contribution in [0.25, 0.3) is 21.5 Å². The molecule has 0 fully saturated rings. The Morgan fingerprint density at radius 3 is 2.69 bits per heavy atom. The summed E-state index contributed by atoms with van der Waals surface area (Å²) in [5.41, 5.74) is 4.05. The molecule has 0 radical (unpaired) electrons. The van der Waals surface area contributed by atoms with Crippen LogP contribution in [0.4, 0.5) is 5.13 Å². The number of thiazole rings is 1. The molecule has 2 aromatic heterocycles. The number of hydrogen-bond donors (Lipinski definition) is 1. The highest BCUT2D eigenvalue weighted by molar-refractivity contribution is 7.99. The SMILES string of the molecule is Cc1ccc2nc(NC(=O)CCSc3cc(-c4ccccc4)nc(C)n3)sc2c1. The first kappa shape index (κ1) is 19.5. The third-order valence-electron chi connectivity index (χ3n) is 4.25. The Labute approximate surface area is 177 Å². The van der Waals surface area contributed by atoms with E-state index in [4.69, 9.17) is 0 Å². The standard InChI is InChI=1S/C22H20N4OS2/c1-14-8-9-17-19(12-14)29-22(25-17)26-20(27)10-11-28-21-13-18(23-15(2)24-21)16-6-4-3-5-7-16/h3-9,12-13H,10-11H2,1-2H3,(H,25,26,27). The second-order valence-electron chi connectivity index (χ2n) is 6.64. The van der Waals surface area contributed by atoms with E-state index in [2.05, 4.69) is 26.3 Å². The van der Waals surface area contributed by atoms with E-state index >= 15 is 0 Å². The highest BCUT2D eigenvalue weighted by atomic mass is 32.2. The molecule has 0 spiro atoms. The van der Waals surface area contributed by atoms with Crippen LogP contribution >= 0.6 is 23.1 Å². The predicted octanol–water partition coefficient (Wildman–Crippen LogP) is 5.49. The molecule has 29 heavy (non-hydrogen) atoms. The molecule has 0 aliphatic carbocycles. The summed E-state index contributed by atoms with van der Waals surface area (Å²) in [6.07, 6.45) is 0.392. The lowest BCUT2D eigenvalue weighted by molar-refractivity contribution is -0.115. The van der Waals surface area contributed by atoms with Gasteiger partial charge in [-0.1, -0.05) is 47.7 Å². The molecule has 0 unspecified atom stereocenters. The van der Waals surface area contributed by atoms with Gasteiger partial charge in [0.25, 0.3) is 0 Å². The van der Waals surface area contributed by atoms with E-state index in [0.717, 1.165) is 32.3 Å². The van der Waals surface area contributed by atoms with Crippen LogP contribution in [0.5, 0.6) is 0 Å². The molecule has 146 valence electrons. The number of carbonyl (C=O) groups excluding carboxylic acids is 1. The summed E-state index contributed by atoms with van der Waals surface area (Å²) in [6, 6.07) is 18.1. The number of nitrogens with one attached hydrogen (secondary N) is 1. The number of anilines is 1. The zero-order valence-corrected chi connectivity index (χ0v) is 17.8. The van der Waals surface area contributed by atoms with Gasteiger partial charge in [0.05, 0.1) is 15.9 Å². The smallest absolute Gasteiger partial charge is 0.226 e. The number of thioether (sulfide) groups is 1. The molecule has 4 aromatic rings. The third-order valence-corrected chi connectivity index (χ3v) is 6.10. The van der Waals surface area contributed by atoms with Crippen molar-refractivity contribution in [3.63, 3.8) is 0 Å². The Kier molecular flexibility index (Phi) is 5.87. The lowest BCUT2D eigenvalue weighted by Gasteiger charge is -2.06. The average molecular weight is 421 g/mol. The van der Waals surface area contributed by atoms with Crippen molar-refractivity contribution in [2.45, 2.75) is 25.3 Å². The van der Waals surface area contributed by atoms with E-state index in [1.807, 2.05) is 62.4 Å². The van der Waals surface area contributed by atoms with Gasteiger partial charge in [-0.2, -0.15) is 0 Å². The summed E-state index contributed by atoms with van der Waals surface area (Å²) >= 11 is 3.06. The summed E-state index contributed by atoms with van der Waals surface area (Å²) < 4.78 is 1.08. The number of aromatic nitrogens is 3. The molecule has 1 amide bonds. The van der Waals surface area contributed by atoms with Gasteiger partial charge in [-0.25, -0.2) is 15.0 Å². The fraction of sp³-hybridized carbons (Fsp3) is 0.182. The molecule has 0 atom stereocenters. The highest BCUT2D eigenvalue weighted by Gasteiger charge is 2.10. The van der Waals surface area contributed by atoms with Crippen molar-refractivity contribution in [2.75, 3.05) is 11.1 Å². The van der Waals surface area contributed by atoms with Crippen LogP contribution in [0.3, 0.4) is 0 Å². The molecule has 0 bridgehead atoms.